The zero-order valence-electron chi connectivity index (χ0n) is 30.7. The Hall–Kier alpha value is -4.94. The molecule has 0 aliphatic carbocycles. The van der Waals surface area contributed by atoms with Gasteiger partial charge in [0.2, 0.25) is 6.36 Å². The van der Waals surface area contributed by atoms with Crippen LogP contribution in [0.4, 0.5) is 4.39 Å². The van der Waals surface area contributed by atoms with E-state index >= 15 is 4.39 Å². The second-order valence-corrected chi connectivity index (χ2v) is 13.8. The number of halogens is 1. The number of hydrogen-bond acceptors (Lipinski definition) is 10. The molecule has 2 saturated heterocycles. The van der Waals surface area contributed by atoms with Crippen LogP contribution in [0.15, 0.2) is 103 Å². The van der Waals surface area contributed by atoms with Crippen molar-refractivity contribution in [2.75, 3.05) is 6.61 Å². The van der Waals surface area contributed by atoms with E-state index in [2.05, 4.69) is 0 Å². The van der Waals surface area contributed by atoms with Gasteiger partial charge in [-0.05, 0) is 76.1 Å². The van der Waals surface area contributed by atoms with Crippen molar-refractivity contribution in [1.29, 1.82) is 0 Å². The minimum absolute atomic E-state index is 0.143. The molecule has 2 fully saturated rings. The lowest BCUT2D eigenvalue weighted by Gasteiger charge is -2.43. The van der Waals surface area contributed by atoms with Gasteiger partial charge < -0.3 is 33.2 Å². The maximum absolute atomic E-state index is 16.2. The average Bonchev–Trinajstić information content (AvgIpc) is 3.17. The van der Waals surface area contributed by atoms with E-state index in [0.29, 0.717) is 19.4 Å². The first-order valence-corrected chi connectivity index (χ1v) is 18.1. The smallest absolute Gasteiger partial charge is 0.338 e. The molecular weight excluding hydrogens is 695 g/mol. The van der Waals surface area contributed by atoms with Crippen molar-refractivity contribution in [2.45, 2.75) is 96.4 Å². The van der Waals surface area contributed by atoms with Crippen LogP contribution in [0.1, 0.15) is 73.1 Å². The molecule has 10 nitrogen and oxygen atoms in total. The van der Waals surface area contributed by atoms with Crippen molar-refractivity contribution in [3.05, 3.63) is 142 Å². The summed E-state index contributed by atoms with van der Waals surface area (Å²) in [5.41, 5.74) is 4.28. The Morgan fingerprint density at radius 3 is 1.59 bits per heavy atom. The van der Waals surface area contributed by atoms with E-state index in [1.54, 1.807) is 60.7 Å². The van der Waals surface area contributed by atoms with E-state index in [9.17, 15) is 14.4 Å². The quantitative estimate of drug-likeness (QED) is 0.107. The van der Waals surface area contributed by atoms with Crippen LogP contribution in [-0.4, -0.2) is 73.8 Å². The van der Waals surface area contributed by atoms with Crippen molar-refractivity contribution in [3.63, 3.8) is 0 Å². The summed E-state index contributed by atoms with van der Waals surface area (Å²) in [5, 5.41) is 0. The summed E-state index contributed by atoms with van der Waals surface area (Å²) in [6.45, 7) is 7.61. The first-order chi connectivity index (χ1) is 26.0. The van der Waals surface area contributed by atoms with Gasteiger partial charge in [0, 0.05) is 6.42 Å². The Morgan fingerprint density at radius 2 is 1.09 bits per heavy atom. The standard InChI is InChI=1S/C43H45FO10/c1-26-10-16-31(17-11-26)41(45)52-37-35(25-49-36-23-22-34(29(4)50-36)48-24-30-8-6-5-7-9-30)51-40(44)39(54-43(47)33-20-14-28(3)15-21-33)38(37)53-42(46)32-18-12-27(2)13-19-32/h5-21,29,34-40H,22-25H2,1-4H3/t29-,34+,35+,36-,37+,38-,39+,40+/m0/s1. The summed E-state index contributed by atoms with van der Waals surface area (Å²) in [7, 11) is 0. The van der Waals surface area contributed by atoms with Crippen LogP contribution < -0.4 is 0 Å². The monoisotopic (exact) mass is 740 g/mol. The van der Waals surface area contributed by atoms with Crippen LogP contribution in [-0.2, 0) is 39.8 Å². The van der Waals surface area contributed by atoms with Crippen LogP contribution in [0.5, 0.6) is 0 Å². The van der Waals surface area contributed by atoms with Crippen molar-refractivity contribution in [2.24, 2.45) is 0 Å². The summed E-state index contributed by atoms with van der Waals surface area (Å²) in [5.74, 6) is -2.51. The van der Waals surface area contributed by atoms with E-state index in [4.69, 9.17) is 33.2 Å². The molecule has 0 radical (unpaired) electrons. The molecule has 6 rings (SSSR count). The molecule has 2 heterocycles. The Morgan fingerprint density at radius 1 is 0.611 bits per heavy atom. The molecule has 11 heteroatoms. The molecule has 2 aliphatic rings. The highest BCUT2D eigenvalue weighted by Crippen LogP contribution is 2.33. The Kier molecular flexibility index (Phi) is 12.9. The lowest BCUT2D eigenvalue weighted by Crippen LogP contribution is -2.61. The summed E-state index contributed by atoms with van der Waals surface area (Å²) in [4.78, 5) is 40.6. The lowest BCUT2D eigenvalue weighted by atomic mass is 9.98. The maximum Gasteiger partial charge on any atom is 0.338 e. The van der Waals surface area contributed by atoms with Gasteiger partial charge in [0.15, 0.2) is 24.6 Å². The van der Waals surface area contributed by atoms with Gasteiger partial charge in [-0.2, -0.15) is 0 Å². The van der Waals surface area contributed by atoms with Crippen LogP contribution in [0, 0.1) is 20.8 Å². The number of benzene rings is 4. The number of hydrogen-bond donors (Lipinski definition) is 0. The zero-order valence-corrected chi connectivity index (χ0v) is 30.7. The largest absolute Gasteiger partial charge is 0.452 e. The molecule has 0 unspecified atom stereocenters. The van der Waals surface area contributed by atoms with Crippen LogP contribution >= 0.6 is 0 Å². The third-order valence-electron chi connectivity index (χ3n) is 9.50. The number of aryl methyl sites for hydroxylation is 3. The van der Waals surface area contributed by atoms with Gasteiger partial charge in [0.1, 0.15) is 6.10 Å². The van der Waals surface area contributed by atoms with E-state index in [1.807, 2.05) is 58.0 Å². The molecule has 0 saturated carbocycles. The molecule has 54 heavy (non-hydrogen) atoms. The van der Waals surface area contributed by atoms with Crippen LogP contribution in [0.2, 0.25) is 0 Å². The lowest BCUT2D eigenvalue weighted by molar-refractivity contribution is -0.284. The SMILES string of the molecule is Cc1ccc(C(=O)O[C@@H]2[C@@H](OC(=O)c3ccc(C)cc3)[C@H](F)O[C@H](CO[C@@H]3CC[C@@H](OCc4ccccc4)[C@H](C)O3)[C@H]2OC(=O)c2ccc(C)cc2)cc1. The number of alkyl halides is 1. The Bertz CT molecular complexity index is 1850. The first-order valence-electron chi connectivity index (χ1n) is 18.1. The van der Waals surface area contributed by atoms with E-state index in [0.717, 1.165) is 22.3 Å². The highest BCUT2D eigenvalue weighted by atomic mass is 19.1. The molecule has 4 aromatic rings. The topological polar surface area (TPSA) is 116 Å². The van der Waals surface area contributed by atoms with E-state index < -0.39 is 55.0 Å². The highest BCUT2D eigenvalue weighted by molar-refractivity contribution is 5.91. The molecule has 8 atom stereocenters. The number of carbonyl (C=O) groups excluding carboxylic acids is 3. The third-order valence-corrected chi connectivity index (χ3v) is 9.50. The second kappa shape index (κ2) is 17.9. The predicted molar refractivity (Wildman–Crippen MR) is 195 cm³/mol. The first kappa shape index (κ1) is 38.8. The number of carbonyl (C=O) groups is 3. The van der Waals surface area contributed by atoms with Crippen LogP contribution in [0.3, 0.4) is 0 Å². The molecule has 0 bridgehead atoms. The van der Waals surface area contributed by atoms with Crippen molar-refractivity contribution >= 4 is 17.9 Å². The summed E-state index contributed by atoms with van der Waals surface area (Å²) in [6.07, 6.45) is -8.62. The van der Waals surface area contributed by atoms with Gasteiger partial charge in [-0.15, -0.1) is 0 Å². The molecule has 0 aromatic heterocycles. The van der Waals surface area contributed by atoms with Gasteiger partial charge in [-0.25, -0.2) is 18.8 Å². The van der Waals surface area contributed by atoms with Crippen molar-refractivity contribution in [1.82, 2.24) is 0 Å². The molecule has 0 spiro atoms. The molecule has 2 aliphatic heterocycles. The van der Waals surface area contributed by atoms with Gasteiger partial charge in [0.05, 0.1) is 42.1 Å². The van der Waals surface area contributed by atoms with Crippen LogP contribution in [0.25, 0.3) is 0 Å². The third kappa shape index (κ3) is 9.97. The fraction of sp³-hybridized carbons (Fsp3) is 0.372. The maximum atomic E-state index is 16.2. The number of esters is 3. The fourth-order valence-corrected chi connectivity index (χ4v) is 6.30. The normalized spacial score (nSPS) is 25.4. The van der Waals surface area contributed by atoms with Gasteiger partial charge >= 0.3 is 17.9 Å². The number of rotatable bonds is 12. The van der Waals surface area contributed by atoms with E-state index in [1.165, 1.54) is 12.1 Å². The highest BCUT2D eigenvalue weighted by Gasteiger charge is 2.53. The molecular formula is C43H45FO10. The molecule has 284 valence electrons. The fourth-order valence-electron chi connectivity index (χ4n) is 6.30. The molecule has 0 amide bonds. The summed E-state index contributed by atoms with van der Waals surface area (Å²) in [6, 6.07) is 29.5. The Balaban J connectivity index is 1.23. The summed E-state index contributed by atoms with van der Waals surface area (Å²) < 4.78 is 58.0. The van der Waals surface area contributed by atoms with Crippen molar-refractivity contribution in [3.8, 4) is 0 Å². The summed E-state index contributed by atoms with van der Waals surface area (Å²) >= 11 is 0. The molecule has 4 aromatic carbocycles. The number of ether oxygens (including phenoxy) is 7. The minimum atomic E-state index is -2.29. The van der Waals surface area contributed by atoms with E-state index in [-0.39, 0.29) is 35.5 Å². The predicted octanol–water partition coefficient (Wildman–Crippen LogP) is 7.41. The van der Waals surface area contributed by atoms with Gasteiger partial charge in [0.25, 0.3) is 0 Å². The van der Waals surface area contributed by atoms with Gasteiger partial charge in [-0.3, -0.25) is 0 Å². The second-order valence-electron chi connectivity index (χ2n) is 13.8. The zero-order chi connectivity index (χ0) is 38.2. The molecule has 0 N–H and O–H groups in total. The average molecular weight is 741 g/mol. The van der Waals surface area contributed by atoms with Gasteiger partial charge in [-0.1, -0.05) is 83.4 Å². The Labute approximate surface area is 314 Å². The minimum Gasteiger partial charge on any atom is -0.452 e. The van der Waals surface area contributed by atoms with Crippen molar-refractivity contribution < 1.29 is 51.9 Å².